The summed E-state index contributed by atoms with van der Waals surface area (Å²) in [4.78, 5) is 17.3. The van der Waals surface area contributed by atoms with Crippen LogP contribution in [0.25, 0.3) is 11.0 Å². The van der Waals surface area contributed by atoms with Crippen LogP contribution in [0.1, 0.15) is 45.5 Å². The first kappa shape index (κ1) is 28.2. The fourth-order valence-electron chi connectivity index (χ4n) is 4.22. The largest absolute Gasteiger partial charge is 0.459 e. The highest BCUT2D eigenvalue weighted by Gasteiger charge is 2.27. The first-order chi connectivity index (χ1) is 18.4. The Morgan fingerprint density at radius 2 is 1.59 bits per heavy atom. The number of hydrogen-bond acceptors (Lipinski definition) is 5. The number of imidazole rings is 1. The zero-order valence-corrected chi connectivity index (χ0v) is 23.1. The summed E-state index contributed by atoms with van der Waals surface area (Å²) in [6.45, 7) is 7.28. The predicted octanol–water partition coefficient (Wildman–Crippen LogP) is 6.00. The van der Waals surface area contributed by atoms with Gasteiger partial charge in [0.25, 0.3) is 10.0 Å². The lowest BCUT2D eigenvalue weighted by Gasteiger charge is -2.25. The summed E-state index contributed by atoms with van der Waals surface area (Å²) in [6.07, 6.45) is 1.40. The molecule has 10 heteroatoms. The van der Waals surface area contributed by atoms with Gasteiger partial charge in [-0.15, -0.1) is 0 Å². The number of rotatable bonds is 9. The molecular formula is C29H31F2N3O4S. The van der Waals surface area contributed by atoms with Gasteiger partial charge in [-0.05, 0) is 87.4 Å². The molecule has 0 saturated carbocycles. The Bertz CT molecular complexity index is 1580. The lowest BCUT2D eigenvalue weighted by molar-refractivity contribution is -0.155. The average Bonchev–Trinajstić information content (AvgIpc) is 3.18. The second kappa shape index (κ2) is 11.1. The summed E-state index contributed by atoms with van der Waals surface area (Å²) >= 11 is 0. The molecule has 0 aliphatic rings. The minimum atomic E-state index is -4.14. The van der Waals surface area contributed by atoms with E-state index in [-0.39, 0.29) is 18.0 Å². The van der Waals surface area contributed by atoms with Gasteiger partial charge in [0, 0.05) is 6.42 Å². The molecule has 0 atom stereocenters. The van der Waals surface area contributed by atoms with E-state index in [0.717, 1.165) is 18.6 Å². The van der Waals surface area contributed by atoms with E-state index in [1.807, 2.05) is 6.92 Å². The van der Waals surface area contributed by atoms with Crippen LogP contribution in [0, 0.1) is 11.6 Å². The summed E-state index contributed by atoms with van der Waals surface area (Å²) in [5.41, 5.74) is 1.42. The van der Waals surface area contributed by atoms with E-state index in [2.05, 4.69) is 0 Å². The van der Waals surface area contributed by atoms with Crippen molar-refractivity contribution in [1.82, 2.24) is 9.55 Å². The Labute approximate surface area is 227 Å². The second-order valence-electron chi connectivity index (χ2n) is 10.2. The molecule has 0 bridgehead atoms. The third kappa shape index (κ3) is 6.62. The van der Waals surface area contributed by atoms with Gasteiger partial charge >= 0.3 is 5.97 Å². The number of ether oxygens (including phenoxy) is 1. The monoisotopic (exact) mass is 555 g/mol. The van der Waals surface area contributed by atoms with Crippen LogP contribution in [0.2, 0.25) is 0 Å². The number of nitrogens with zero attached hydrogens (tertiary/aromatic N) is 3. The van der Waals surface area contributed by atoms with Gasteiger partial charge in [0.05, 0.1) is 28.2 Å². The molecule has 0 aliphatic heterocycles. The number of carbonyl (C=O) groups excluding carboxylic acids is 1. The minimum Gasteiger partial charge on any atom is -0.459 e. The van der Waals surface area contributed by atoms with Crippen LogP contribution in [0.15, 0.2) is 71.6 Å². The molecule has 0 fully saturated rings. The van der Waals surface area contributed by atoms with Crippen LogP contribution in [-0.2, 0) is 39.1 Å². The van der Waals surface area contributed by atoms with Crippen molar-refractivity contribution in [2.24, 2.45) is 0 Å². The Morgan fingerprint density at radius 1 is 0.974 bits per heavy atom. The zero-order chi connectivity index (χ0) is 28.4. The van der Waals surface area contributed by atoms with Crippen molar-refractivity contribution >= 4 is 32.7 Å². The molecule has 0 saturated heterocycles. The number of anilines is 1. The summed E-state index contributed by atoms with van der Waals surface area (Å²) in [5, 5.41) is 0. The maximum atomic E-state index is 13.7. The van der Waals surface area contributed by atoms with Crippen LogP contribution in [0.4, 0.5) is 14.5 Å². The van der Waals surface area contributed by atoms with Crippen molar-refractivity contribution in [3.8, 4) is 0 Å². The highest BCUT2D eigenvalue weighted by atomic mass is 32.2. The molecule has 0 unspecified atom stereocenters. The van der Waals surface area contributed by atoms with Gasteiger partial charge in [0.15, 0.2) is 0 Å². The van der Waals surface area contributed by atoms with E-state index in [1.165, 1.54) is 40.7 Å². The van der Waals surface area contributed by atoms with Crippen molar-refractivity contribution < 1.29 is 26.7 Å². The van der Waals surface area contributed by atoms with Gasteiger partial charge in [-0.25, -0.2) is 22.2 Å². The molecular weight excluding hydrogens is 524 g/mol. The molecule has 1 heterocycles. The lowest BCUT2D eigenvalue weighted by Crippen LogP contribution is -2.30. The molecule has 0 aliphatic carbocycles. The lowest BCUT2D eigenvalue weighted by atomic mass is 10.2. The molecule has 206 valence electrons. The fraction of sp³-hybridized carbons (Fsp3) is 0.310. The van der Waals surface area contributed by atoms with Crippen LogP contribution in [0.3, 0.4) is 0 Å². The molecule has 3 aromatic carbocycles. The van der Waals surface area contributed by atoms with E-state index >= 15 is 0 Å². The first-order valence-corrected chi connectivity index (χ1v) is 14.0. The smallest absolute Gasteiger partial charge is 0.326 e. The maximum absolute atomic E-state index is 13.7. The third-order valence-electron chi connectivity index (χ3n) is 5.92. The second-order valence-corrected chi connectivity index (χ2v) is 12.1. The number of carbonyl (C=O) groups is 1. The third-order valence-corrected chi connectivity index (χ3v) is 7.71. The normalized spacial score (nSPS) is 12.1. The number of fused-ring (bicyclic) bond motifs is 1. The first-order valence-electron chi connectivity index (χ1n) is 12.6. The zero-order valence-electron chi connectivity index (χ0n) is 22.3. The Hall–Kier alpha value is -3.79. The number of aromatic nitrogens is 2. The van der Waals surface area contributed by atoms with Gasteiger partial charge in [0.1, 0.15) is 29.6 Å². The number of hydrogen-bond donors (Lipinski definition) is 0. The molecule has 0 N–H and O–H groups in total. The average molecular weight is 556 g/mol. The van der Waals surface area contributed by atoms with Gasteiger partial charge in [0.2, 0.25) is 0 Å². The number of aryl methyl sites for hydroxylation is 1. The van der Waals surface area contributed by atoms with Gasteiger partial charge in [-0.3, -0.25) is 9.10 Å². The van der Waals surface area contributed by atoms with Crippen LogP contribution in [0.5, 0.6) is 0 Å². The SMILES string of the molecule is CCCc1nc2cc(N(Cc3ccc(F)cc3)S(=O)(=O)c3ccc(F)cc3)ccc2n1CC(=O)OC(C)(C)C. The van der Waals surface area contributed by atoms with E-state index in [9.17, 15) is 22.0 Å². The molecule has 39 heavy (non-hydrogen) atoms. The standard InChI is InChI=1S/C29H31F2N3O4S/c1-5-6-27-32-25-17-23(13-16-26(25)33(27)19-28(35)38-29(2,3)4)34(18-20-7-9-21(30)10-8-20)39(36,37)24-14-11-22(31)12-15-24/h7-17H,5-6,18-19H2,1-4H3. The summed E-state index contributed by atoms with van der Waals surface area (Å²) < 4.78 is 63.1. The molecule has 0 amide bonds. The topological polar surface area (TPSA) is 81.5 Å². The van der Waals surface area contributed by atoms with Crippen molar-refractivity contribution in [1.29, 1.82) is 0 Å². The van der Waals surface area contributed by atoms with Crippen molar-refractivity contribution in [3.05, 3.63) is 89.8 Å². The minimum absolute atomic E-state index is 0.0321. The number of benzene rings is 3. The molecule has 4 rings (SSSR count). The van der Waals surface area contributed by atoms with Crippen molar-refractivity contribution in [3.63, 3.8) is 0 Å². The number of halogens is 2. The van der Waals surface area contributed by atoms with E-state index in [4.69, 9.17) is 9.72 Å². The molecule has 4 aromatic rings. The Morgan fingerprint density at radius 3 is 2.18 bits per heavy atom. The van der Waals surface area contributed by atoms with E-state index in [0.29, 0.717) is 34.5 Å². The van der Waals surface area contributed by atoms with Crippen LogP contribution < -0.4 is 4.31 Å². The Balaban J connectivity index is 1.79. The molecule has 0 spiro atoms. The summed E-state index contributed by atoms with van der Waals surface area (Å²) in [6, 6.07) is 15.1. The van der Waals surface area contributed by atoms with Crippen molar-refractivity contribution in [2.75, 3.05) is 4.31 Å². The van der Waals surface area contributed by atoms with Gasteiger partial charge in [-0.2, -0.15) is 0 Å². The quantitative estimate of drug-likeness (QED) is 0.237. The van der Waals surface area contributed by atoms with Crippen LogP contribution >= 0.6 is 0 Å². The fourth-order valence-corrected chi connectivity index (χ4v) is 5.67. The predicted molar refractivity (Wildman–Crippen MR) is 146 cm³/mol. The molecule has 0 radical (unpaired) electrons. The number of esters is 1. The maximum Gasteiger partial charge on any atom is 0.326 e. The van der Waals surface area contributed by atoms with Gasteiger partial charge < -0.3 is 9.30 Å². The molecule has 1 aromatic heterocycles. The van der Waals surface area contributed by atoms with E-state index in [1.54, 1.807) is 43.5 Å². The highest BCUT2D eigenvalue weighted by molar-refractivity contribution is 7.92. The summed E-state index contributed by atoms with van der Waals surface area (Å²) in [7, 11) is -4.14. The highest BCUT2D eigenvalue weighted by Crippen LogP contribution is 2.30. The van der Waals surface area contributed by atoms with Crippen molar-refractivity contribution in [2.45, 2.75) is 64.1 Å². The number of sulfonamides is 1. The Kier molecular flexibility index (Phi) is 8.06. The van der Waals surface area contributed by atoms with Gasteiger partial charge in [-0.1, -0.05) is 19.1 Å². The summed E-state index contributed by atoms with van der Waals surface area (Å²) in [5.74, 6) is -0.714. The van der Waals surface area contributed by atoms with Crippen LogP contribution in [-0.4, -0.2) is 29.5 Å². The van der Waals surface area contributed by atoms with E-state index < -0.39 is 33.2 Å². The molecule has 7 nitrogen and oxygen atoms in total.